The average Bonchev–Trinajstić information content (AvgIpc) is 2.39. The standard InChI is InChI=1S/C17H32N2/c1-7-8-11-15(4)19(6)13-10-9-12-17(18)16(5)14(2)3/h9,12,14H,4,7-8,10-11,13,18H2,1-3,5-6H3/b12-9-,17-16-. The summed E-state index contributed by atoms with van der Waals surface area (Å²) in [5, 5.41) is 0. The number of nitrogens with two attached hydrogens (primary N) is 1. The smallest absolute Gasteiger partial charge is 0.0302 e. The lowest BCUT2D eigenvalue weighted by atomic mass is 10.0. The maximum absolute atomic E-state index is 6.02. The number of nitrogens with zero attached hydrogens (tertiary/aromatic N) is 1. The van der Waals surface area contributed by atoms with E-state index in [1.807, 2.05) is 6.08 Å². The van der Waals surface area contributed by atoms with Crippen LogP contribution >= 0.6 is 0 Å². The van der Waals surface area contributed by atoms with Crippen LogP contribution in [0.2, 0.25) is 0 Å². The fourth-order valence-electron chi connectivity index (χ4n) is 1.67. The van der Waals surface area contributed by atoms with Crippen LogP contribution in [0.15, 0.2) is 35.7 Å². The quantitative estimate of drug-likeness (QED) is 0.623. The lowest BCUT2D eigenvalue weighted by Crippen LogP contribution is -2.17. The van der Waals surface area contributed by atoms with Crippen molar-refractivity contribution in [3.63, 3.8) is 0 Å². The van der Waals surface area contributed by atoms with Crippen molar-refractivity contribution in [2.75, 3.05) is 13.6 Å². The zero-order valence-corrected chi connectivity index (χ0v) is 13.5. The van der Waals surface area contributed by atoms with Crippen LogP contribution in [0, 0.1) is 5.92 Å². The van der Waals surface area contributed by atoms with Crippen molar-refractivity contribution in [3.05, 3.63) is 35.7 Å². The third kappa shape index (κ3) is 7.76. The Morgan fingerprint density at radius 3 is 2.53 bits per heavy atom. The SMILES string of the molecule is C=C(CCCC)N(C)CC/C=C\C(N)=C(/C)C(C)C. The van der Waals surface area contributed by atoms with E-state index < -0.39 is 0 Å². The Morgan fingerprint density at radius 2 is 2.00 bits per heavy atom. The lowest BCUT2D eigenvalue weighted by molar-refractivity contribution is 0.406. The molecule has 0 unspecified atom stereocenters. The van der Waals surface area contributed by atoms with Crippen molar-refractivity contribution < 1.29 is 0 Å². The van der Waals surface area contributed by atoms with Gasteiger partial charge in [-0.05, 0) is 43.8 Å². The molecular formula is C17H32N2. The summed E-state index contributed by atoms with van der Waals surface area (Å²) in [6, 6.07) is 0. The highest BCUT2D eigenvalue weighted by molar-refractivity contribution is 5.22. The van der Waals surface area contributed by atoms with Gasteiger partial charge in [0.05, 0.1) is 0 Å². The minimum Gasteiger partial charge on any atom is -0.399 e. The summed E-state index contributed by atoms with van der Waals surface area (Å²) in [6.45, 7) is 13.8. The van der Waals surface area contributed by atoms with Crippen LogP contribution < -0.4 is 5.73 Å². The van der Waals surface area contributed by atoms with Gasteiger partial charge < -0.3 is 10.6 Å². The maximum atomic E-state index is 6.02. The highest BCUT2D eigenvalue weighted by atomic mass is 15.1. The Bertz CT molecular complexity index is 324. The van der Waals surface area contributed by atoms with E-state index in [4.69, 9.17) is 5.73 Å². The number of hydrogen-bond acceptors (Lipinski definition) is 2. The summed E-state index contributed by atoms with van der Waals surface area (Å²) >= 11 is 0. The summed E-state index contributed by atoms with van der Waals surface area (Å²) in [5.41, 5.74) is 9.42. The van der Waals surface area contributed by atoms with E-state index in [0.717, 1.165) is 25.1 Å². The number of hydrogen-bond donors (Lipinski definition) is 1. The Morgan fingerprint density at radius 1 is 1.37 bits per heavy atom. The van der Waals surface area contributed by atoms with Gasteiger partial charge in [-0.15, -0.1) is 0 Å². The molecule has 0 amide bonds. The molecule has 2 N–H and O–H groups in total. The number of unbranched alkanes of at least 4 members (excludes halogenated alkanes) is 1. The number of allylic oxidation sites excluding steroid dienone is 3. The molecule has 0 fully saturated rings. The highest BCUT2D eigenvalue weighted by Crippen LogP contribution is 2.12. The van der Waals surface area contributed by atoms with Gasteiger partial charge in [0.1, 0.15) is 0 Å². The Balaban J connectivity index is 4.09. The molecule has 2 heteroatoms. The second-order valence-corrected chi connectivity index (χ2v) is 5.58. The molecule has 0 rings (SSSR count). The van der Waals surface area contributed by atoms with Crippen molar-refractivity contribution in [3.8, 4) is 0 Å². The van der Waals surface area contributed by atoms with E-state index in [1.54, 1.807) is 0 Å². The normalized spacial score (nSPS) is 12.9. The van der Waals surface area contributed by atoms with Crippen molar-refractivity contribution in [1.82, 2.24) is 4.90 Å². The summed E-state index contributed by atoms with van der Waals surface area (Å²) < 4.78 is 0. The van der Waals surface area contributed by atoms with E-state index in [9.17, 15) is 0 Å². The molecule has 0 aromatic heterocycles. The fraction of sp³-hybridized carbons (Fsp3) is 0.647. The molecule has 0 aromatic rings. The van der Waals surface area contributed by atoms with Gasteiger partial charge in [0, 0.05) is 25.0 Å². The molecule has 2 nitrogen and oxygen atoms in total. The van der Waals surface area contributed by atoms with Crippen molar-refractivity contribution in [1.29, 1.82) is 0 Å². The van der Waals surface area contributed by atoms with Crippen LogP contribution in [0.3, 0.4) is 0 Å². The fourth-order valence-corrected chi connectivity index (χ4v) is 1.67. The zero-order chi connectivity index (χ0) is 14.8. The first-order valence-corrected chi connectivity index (χ1v) is 7.41. The average molecular weight is 264 g/mol. The number of rotatable bonds is 9. The largest absolute Gasteiger partial charge is 0.399 e. The Kier molecular flexibility index (Phi) is 9.11. The van der Waals surface area contributed by atoms with E-state index >= 15 is 0 Å². The zero-order valence-electron chi connectivity index (χ0n) is 13.5. The maximum Gasteiger partial charge on any atom is 0.0302 e. The molecule has 0 aliphatic heterocycles. The van der Waals surface area contributed by atoms with Gasteiger partial charge >= 0.3 is 0 Å². The summed E-state index contributed by atoms with van der Waals surface area (Å²) in [6.07, 6.45) is 8.76. The molecule has 0 heterocycles. The molecule has 0 aliphatic carbocycles. The molecule has 0 spiro atoms. The summed E-state index contributed by atoms with van der Waals surface area (Å²) in [7, 11) is 2.12. The predicted octanol–water partition coefficient (Wildman–Crippen LogP) is 4.46. The van der Waals surface area contributed by atoms with Gasteiger partial charge in [0.2, 0.25) is 0 Å². The second-order valence-electron chi connectivity index (χ2n) is 5.58. The minimum absolute atomic E-state index is 0.515. The minimum atomic E-state index is 0.515. The molecule has 0 aromatic carbocycles. The van der Waals surface area contributed by atoms with E-state index in [1.165, 1.54) is 24.1 Å². The van der Waals surface area contributed by atoms with E-state index in [-0.39, 0.29) is 0 Å². The summed E-state index contributed by atoms with van der Waals surface area (Å²) in [5.74, 6) is 0.515. The van der Waals surface area contributed by atoms with Crippen LogP contribution in [0.4, 0.5) is 0 Å². The van der Waals surface area contributed by atoms with Gasteiger partial charge in [-0.1, -0.05) is 39.8 Å². The molecular weight excluding hydrogens is 232 g/mol. The molecule has 0 atom stereocenters. The molecule has 0 aliphatic rings. The molecule has 0 saturated carbocycles. The molecule has 110 valence electrons. The second kappa shape index (κ2) is 9.71. The molecule has 0 bridgehead atoms. The van der Waals surface area contributed by atoms with Crippen LogP contribution in [0.25, 0.3) is 0 Å². The van der Waals surface area contributed by atoms with Crippen LogP contribution in [-0.4, -0.2) is 18.5 Å². The van der Waals surface area contributed by atoms with Crippen molar-refractivity contribution >= 4 is 0 Å². The Labute approximate surface area is 120 Å². The van der Waals surface area contributed by atoms with Gasteiger partial charge in [-0.2, -0.15) is 0 Å². The Hall–Kier alpha value is -1.18. The van der Waals surface area contributed by atoms with Gasteiger partial charge in [0.25, 0.3) is 0 Å². The monoisotopic (exact) mass is 264 g/mol. The topological polar surface area (TPSA) is 29.3 Å². The van der Waals surface area contributed by atoms with Crippen LogP contribution in [-0.2, 0) is 0 Å². The molecule has 19 heavy (non-hydrogen) atoms. The van der Waals surface area contributed by atoms with Crippen molar-refractivity contribution in [2.45, 2.75) is 53.4 Å². The lowest BCUT2D eigenvalue weighted by Gasteiger charge is -2.20. The molecule has 0 saturated heterocycles. The van der Waals surface area contributed by atoms with Crippen LogP contribution in [0.1, 0.15) is 53.4 Å². The van der Waals surface area contributed by atoms with E-state index in [2.05, 4.69) is 52.3 Å². The third-order valence-electron chi connectivity index (χ3n) is 3.61. The first-order chi connectivity index (χ1) is 8.90. The van der Waals surface area contributed by atoms with Gasteiger partial charge in [-0.25, -0.2) is 0 Å². The van der Waals surface area contributed by atoms with Crippen LogP contribution in [0.5, 0.6) is 0 Å². The van der Waals surface area contributed by atoms with Gasteiger partial charge in [-0.3, -0.25) is 0 Å². The third-order valence-corrected chi connectivity index (χ3v) is 3.61. The first-order valence-electron chi connectivity index (χ1n) is 7.41. The highest BCUT2D eigenvalue weighted by Gasteiger charge is 2.01. The van der Waals surface area contributed by atoms with Gasteiger partial charge in [0.15, 0.2) is 0 Å². The summed E-state index contributed by atoms with van der Waals surface area (Å²) in [4.78, 5) is 2.25. The van der Waals surface area contributed by atoms with E-state index in [0.29, 0.717) is 5.92 Å². The first kappa shape index (κ1) is 17.8. The van der Waals surface area contributed by atoms with Crippen molar-refractivity contribution in [2.24, 2.45) is 11.7 Å². The molecule has 0 radical (unpaired) electrons. The predicted molar refractivity (Wildman–Crippen MR) is 86.8 cm³/mol.